The average Bonchev–Trinajstić information content (AvgIpc) is 3.87. The molecule has 4 bridgehead atoms. The van der Waals surface area contributed by atoms with E-state index in [-0.39, 0.29) is 81.2 Å². The van der Waals surface area contributed by atoms with E-state index in [2.05, 4.69) is 5.32 Å². The Morgan fingerprint density at radius 3 is 2.39 bits per heavy atom. The van der Waals surface area contributed by atoms with Gasteiger partial charge in [0, 0.05) is 58.1 Å². The van der Waals surface area contributed by atoms with E-state index in [0.29, 0.717) is 54.4 Å². The van der Waals surface area contributed by atoms with E-state index < -0.39 is 94.7 Å². The fourth-order valence-electron chi connectivity index (χ4n) is 10.2. The van der Waals surface area contributed by atoms with Gasteiger partial charge in [-0.05, 0) is 76.5 Å². The lowest BCUT2D eigenvalue weighted by Crippen LogP contribution is -2.63. The number of fused-ring (bicyclic) bond motifs is 5. The van der Waals surface area contributed by atoms with Crippen LogP contribution in [0.3, 0.4) is 0 Å². The summed E-state index contributed by atoms with van der Waals surface area (Å²) in [6.07, 6.45) is 1.69. The first kappa shape index (κ1) is 56.6. The monoisotopic (exact) mass is 1070 g/mol. The number of thioether (sulfide) groups is 1. The molecular formula is C51H67ClN4O17S. The van der Waals surface area contributed by atoms with Crippen LogP contribution in [0.5, 0.6) is 5.75 Å². The number of carbonyl (C=O) groups is 8. The predicted octanol–water partition coefficient (Wildman–Crippen LogP) is 4.36. The van der Waals surface area contributed by atoms with Crippen LogP contribution in [-0.4, -0.2) is 163 Å². The number of hydrogen-bond donors (Lipinski definition) is 2. The van der Waals surface area contributed by atoms with Crippen LogP contribution in [0.15, 0.2) is 35.9 Å². The molecule has 1 aromatic rings. The van der Waals surface area contributed by atoms with Gasteiger partial charge in [0.25, 0.3) is 11.8 Å². The lowest BCUT2D eigenvalue weighted by molar-refractivity contribution is -0.201. The number of likely N-dealkylation sites (tertiary alicyclic amines) is 1. The van der Waals surface area contributed by atoms with Gasteiger partial charge in [-0.15, -0.1) is 16.8 Å². The van der Waals surface area contributed by atoms with Gasteiger partial charge in [0.05, 0.1) is 56.3 Å². The van der Waals surface area contributed by atoms with Crippen LogP contribution in [0.1, 0.15) is 91.0 Å². The number of benzene rings is 1. The summed E-state index contributed by atoms with van der Waals surface area (Å²) in [5.41, 5.74) is -1.06. The first-order chi connectivity index (χ1) is 35.2. The van der Waals surface area contributed by atoms with Gasteiger partial charge in [0.1, 0.15) is 34.7 Å². The molecule has 5 fully saturated rings. The van der Waals surface area contributed by atoms with E-state index in [1.807, 2.05) is 13.0 Å². The highest BCUT2D eigenvalue weighted by Crippen LogP contribution is 2.49. The van der Waals surface area contributed by atoms with E-state index in [1.165, 1.54) is 42.7 Å². The van der Waals surface area contributed by atoms with E-state index in [9.17, 15) is 43.5 Å². The molecule has 4 saturated heterocycles. The van der Waals surface area contributed by atoms with Crippen LogP contribution in [-0.2, 0) is 73.2 Å². The summed E-state index contributed by atoms with van der Waals surface area (Å²) in [5.74, 6) is -3.74. The fraction of sp³-hybridized carbons (Fsp3) is 0.647. The van der Waals surface area contributed by atoms with E-state index >= 15 is 0 Å². The molecule has 5 aliphatic heterocycles. The summed E-state index contributed by atoms with van der Waals surface area (Å²) in [6.45, 7) is 7.47. The zero-order valence-electron chi connectivity index (χ0n) is 42.8. The molecule has 6 amide bonds. The lowest BCUT2D eigenvalue weighted by Gasteiger charge is -2.42. The molecule has 74 heavy (non-hydrogen) atoms. The number of hydroxylamine groups is 2. The Labute approximate surface area is 439 Å². The Hall–Kier alpha value is -5.10. The highest BCUT2D eigenvalue weighted by atomic mass is 35.5. The number of esters is 1. The summed E-state index contributed by atoms with van der Waals surface area (Å²) in [4.78, 5) is 111. The minimum atomic E-state index is -1.86. The van der Waals surface area contributed by atoms with Gasteiger partial charge >= 0.3 is 18.0 Å². The molecule has 9 atom stereocenters. The quantitative estimate of drug-likeness (QED) is 0.101. The highest BCUT2D eigenvalue weighted by Gasteiger charge is 2.64. The first-order valence-corrected chi connectivity index (χ1v) is 26.4. The van der Waals surface area contributed by atoms with Gasteiger partial charge in [-0.2, -0.15) is 0 Å². The second-order valence-corrected chi connectivity index (χ2v) is 21.7. The second-order valence-electron chi connectivity index (χ2n) is 20.0. The van der Waals surface area contributed by atoms with Crippen LogP contribution in [0, 0.1) is 17.8 Å². The topological polar surface area (TPSA) is 256 Å². The predicted molar refractivity (Wildman–Crippen MR) is 265 cm³/mol. The number of allylic oxidation sites excluding steroid dienone is 3. The van der Waals surface area contributed by atoms with Gasteiger partial charge < -0.3 is 48.0 Å². The molecular weight excluding hydrogens is 1010 g/mol. The molecule has 23 heteroatoms. The molecule has 1 saturated carbocycles. The largest absolute Gasteiger partial charge is 0.495 e. The molecule has 0 spiro atoms. The maximum absolute atomic E-state index is 14.3. The standard InChI is InChI=1S/C51H67ClN4O17S/c1-28-9-8-10-38(67-7)51(65)26-36(70-49(64)53-51)29(2)45-50(4,72-45)39(25-42(59)54(5)34-22-32(21-28)23-35(66-6)44(34)52)71-47(62)30(3)69-18-17-68-19-20-74-37-24-43(60)55(46(37)61)27-31-11-13-33(14-12-31)48(63)73-56-40(57)15-16-41(56)58/h8-10,22-23,29-31,33,36-39,45,65H,11-21,24-27H2,1-7H3,(H,53,64)/b10-8+,28-9+/t29-,30+,31-,33-,36?,37?,38-,39+,45+,50+,51+/m1/s1. The molecule has 21 nitrogen and oxygen atoms in total. The fourth-order valence-corrected chi connectivity index (χ4v) is 11.5. The van der Waals surface area contributed by atoms with Gasteiger partial charge in [-0.1, -0.05) is 42.3 Å². The van der Waals surface area contributed by atoms with Gasteiger partial charge in [0.2, 0.25) is 17.7 Å². The molecule has 1 aromatic carbocycles. The van der Waals surface area contributed by atoms with Crippen molar-refractivity contribution in [2.75, 3.05) is 58.3 Å². The Morgan fingerprint density at radius 1 is 0.986 bits per heavy atom. The average molecular weight is 1080 g/mol. The van der Waals surface area contributed by atoms with Crippen molar-refractivity contribution in [3.8, 4) is 5.75 Å². The van der Waals surface area contributed by atoms with Crippen molar-refractivity contribution in [1.29, 1.82) is 0 Å². The smallest absolute Gasteiger partial charge is 0.409 e. The maximum atomic E-state index is 14.3. The summed E-state index contributed by atoms with van der Waals surface area (Å²) in [7, 11) is 4.46. The number of amides is 6. The number of halogens is 1. The molecule has 0 aromatic heterocycles. The number of ether oxygens (including phenoxy) is 7. The number of hydrogen-bond acceptors (Lipinski definition) is 18. The Bertz CT molecular complexity index is 2380. The van der Waals surface area contributed by atoms with E-state index in [0.717, 1.165) is 11.1 Å². The summed E-state index contributed by atoms with van der Waals surface area (Å²) in [5, 5.41) is 14.5. The number of imide groups is 2. The van der Waals surface area contributed by atoms with E-state index in [1.54, 1.807) is 45.2 Å². The number of methoxy groups -OCH3 is 2. The molecule has 406 valence electrons. The minimum Gasteiger partial charge on any atom is -0.495 e. The van der Waals surface area contributed by atoms with Gasteiger partial charge in [-0.25, -0.2) is 14.4 Å². The number of epoxide rings is 1. The van der Waals surface area contributed by atoms with Crippen molar-refractivity contribution in [3.63, 3.8) is 0 Å². The van der Waals surface area contributed by atoms with E-state index in [4.69, 9.17) is 49.6 Å². The van der Waals surface area contributed by atoms with Crippen LogP contribution >= 0.6 is 23.4 Å². The minimum absolute atomic E-state index is 0.00320. The van der Waals surface area contributed by atoms with Crippen molar-refractivity contribution >= 4 is 76.6 Å². The van der Waals surface area contributed by atoms with Crippen LogP contribution in [0.2, 0.25) is 5.02 Å². The number of aliphatic hydroxyl groups is 1. The molecule has 2 unspecified atom stereocenters. The third-order valence-electron chi connectivity index (χ3n) is 14.7. The summed E-state index contributed by atoms with van der Waals surface area (Å²) < 4.78 is 40.9. The number of carbonyl (C=O) groups excluding carboxylic acids is 8. The molecule has 0 radical (unpaired) electrons. The van der Waals surface area contributed by atoms with Crippen LogP contribution in [0.25, 0.3) is 0 Å². The van der Waals surface area contributed by atoms with Crippen molar-refractivity contribution in [2.24, 2.45) is 17.8 Å². The summed E-state index contributed by atoms with van der Waals surface area (Å²) in [6, 6.07) is 3.56. The van der Waals surface area contributed by atoms with Gasteiger partial charge in [0.15, 0.2) is 11.8 Å². The zero-order valence-corrected chi connectivity index (χ0v) is 44.4. The Kier molecular flexibility index (Phi) is 18.6. The molecule has 5 heterocycles. The van der Waals surface area contributed by atoms with Crippen molar-refractivity contribution in [3.05, 3.63) is 46.5 Å². The van der Waals surface area contributed by atoms with Crippen molar-refractivity contribution in [1.82, 2.24) is 15.3 Å². The number of anilines is 1. The normalized spacial score (nSPS) is 32.3. The lowest BCUT2D eigenvalue weighted by atomic mass is 9.82. The molecule has 7 rings (SSSR count). The summed E-state index contributed by atoms with van der Waals surface area (Å²) >= 11 is 8.11. The third kappa shape index (κ3) is 13.1. The third-order valence-corrected chi connectivity index (χ3v) is 16.2. The molecule has 6 aliphatic rings. The zero-order chi connectivity index (χ0) is 53.6. The SMILES string of the molecule is COc1cc2cc(c1Cl)N(C)C(=O)C[C@H](OC(=O)[C@H](C)OCCOCCSC1CC(=O)N(C[C@H]3CC[C@H](C(=O)ON4C(=O)CCC4=O)CC3)C1=O)[C@]1(C)O[C@H]1[C@H](C)C1C[C@@](O)(NC(=O)O1)[C@H](OC)/C=C/C=C(\C)C2. The van der Waals surface area contributed by atoms with Crippen molar-refractivity contribution < 1.29 is 81.5 Å². The van der Waals surface area contributed by atoms with Crippen LogP contribution < -0.4 is 15.0 Å². The number of rotatable bonds is 16. The second kappa shape index (κ2) is 24.3. The molecule has 1 aliphatic carbocycles. The number of alkyl carbamates (subject to hydrolysis) is 1. The van der Waals surface area contributed by atoms with Crippen LogP contribution in [0.4, 0.5) is 10.5 Å². The maximum Gasteiger partial charge on any atom is 0.409 e. The van der Waals surface area contributed by atoms with Gasteiger partial charge in [-0.3, -0.25) is 34.2 Å². The highest BCUT2D eigenvalue weighted by molar-refractivity contribution is 8.00. The Morgan fingerprint density at radius 2 is 1.70 bits per heavy atom. The Balaban J connectivity index is 0.910. The van der Waals surface area contributed by atoms with Crippen molar-refractivity contribution in [2.45, 2.75) is 139 Å². The number of nitrogens with one attached hydrogen (secondary N) is 1. The first-order valence-electron chi connectivity index (χ1n) is 25.0. The molecule has 2 N–H and O–H groups in total. The number of nitrogens with zero attached hydrogens (tertiary/aromatic N) is 3.